The molecule has 0 radical (unpaired) electrons. The molecule has 0 saturated heterocycles. The Morgan fingerprint density at radius 2 is 2.18 bits per heavy atom. The zero-order chi connectivity index (χ0) is 11.8. The second kappa shape index (κ2) is 3.94. The Balaban J connectivity index is 1.90. The van der Waals surface area contributed by atoms with Crippen LogP contribution in [0, 0.1) is 11.3 Å². The van der Waals surface area contributed by atoms with Gasteiger partial charge >= 0.3 is 0 Å². The van der Waals surface area contributed by atoms with Crippen molar-refractivity contribution in [3.8, 4) is 11.8 Å². The van der Waals surface area contributed by atoms with Crippen LogP contribution in [0.1, 0.15) is 23.0 Å². The van der Waals surface area contributed by atoms with E-state index < -0.39 is 0 Å². The van der Waals surface area contributed by atoms with E-state index in [9.17, 15) is 0 Å². The summed E-state index contributed by atoms with van der Waals surface area (Å²) in [6.07, 6.45) is 0.649. The summed E-state index contributed by atoms with van der Waals surface area (Å²) in [7, 11) is 0. The van der Waals surface area contributed by atoms with Gasteiger partial charge in [0.05, 0.1) is 11.6 Å². The van der Waals surface area contributed by atoms with Crippen molar-refractivity contribution in [3.05, 3.63) is 51.9 Å². The number of fused-ring (bicyclic) bond motifs is 1. The van der Waals surface area contributed by atoms with Crippen LogP contribution in [0.4, 0.5) is 0 Å². The maximum absolute atomic E-state index is 8.84. The molecule has 0 bridgehead atoms. The van der Waals surface area contributed by atoms with Crippen molar-refractivity contribution in [1.29, 1.82) is 5.26 Å². The molecule has 0 saturated carbocycles. The molecule has 0 spiro atoms. The maximum Gasteiger partial charge on any atom is 0.169 e. The van der Waals surface area contributed by atoms with E-state index in [0.717, 1.165) is 23.5 Å². The molecule has 0 unspecified atom stereocenters. The Bertz CT molecular complexity index is 612. The fraction of sp³-hybridized carbons (Fsp3) is 0.154. The van der Waals surface area contributed by atoms with Crippen molar-refractivity contribution in [2.75, 3.05) is 0 Å². The third kappa shape index (κ3) is 1.83. The summed E-state index contributed by atoms with van der Waals surface area (Å²) in [4.78, 5) is 0. The summed E-state index contributed by atoms with van der Waals surface area (Å²) in [6.45, 7) is 0. The van der Waals surface area contributed by atoms with Gasteiger partial charge in [-0.2, -0.15) is 5.26 Å². The van der Waals surface area contributed by atoms with Crippen molar-refractivity contribution in [1.82, 2.24) is 0 Å². The van der Waals surface area contributed by atoms with Gasteiger partial charge in [0, 0.05) is 6.42 Å². The molecule has 0 fully saturated rings. The minimum atomic E-state index is -0.0924. The lowest BCUT2D eigenvalue weighted by atomic mass is 10.1. The first-order valence-corrected chi connectivity index (χ1v) is 6.00. The van der Waals surface area contributed by atoms with E-state index in [2.05, 4.69) is 22.0 Å². The van der Waals surface area contributed by atoms with Crippen LogP contribution in [-0.4, -0.2) is 0 Å². The first-order chi connectivity index (χ1) is 8.26. The largest absolute Gasteiger partial charge is 0.482 e. The Morgan fingerprint density at radius 3 is 2.88 bits per heavy atom. The normalized spacial score (nSPS) is 17.3. The quantitative estimate of drug-likeness (QED) is 0.806. The first-order valence-electron chi connectivity index (χ1n) is 5.21. The van der Waals surface area contributed by atoms with Crippen LogP contribution in [-0.2, 0) is 6.42 Å². The van der Waals surface area contributed by atoms with Gasteiger partial charge in [0.15, 0.2) is 10.8 Å². The molecule has 1 aromatic carbocycles. The number of hydrogen-bond donors (Lipinski definition) is 0. The highest BCUT2D eigenvalue weighted by atomic mass is 79.9. The van der Waals surface area contributed by atoms with Crippen molar-refractivity contribution in [2.45, 2.75) is 12.5 Å². The molecular formula is C13H8BrNO2. The number of hydrogen-bond acceptors (Lipinski definition) is 3. The smallest absolute Gasteiger partial charge is 0.169 e. The van der Waals surface area contributed by atoms with Crippen molar-refractivity contribution >= 4 is 15.9 Å². The maximum atomic E-state index is 8.84. The summed E-state index contributed by atoms with van der Waals surface area (Å²) >= 11 is 3.27. The fourth-order valence-electron chi connectivity index (χ4n) is 1.98. The van der Waals surface area contributed by atoms with Crippen molar-refractivity contribution in [3.63, 3.8) is 0 Å². The van der Waals surface area contributed by atoms with E-state index in [1.54, 1.807) is 6.07 Å². The Morgan fingerprint density at radius 1 is 1.29 bits per heavy atom. The van der Waals surface area contributed by atoms with E-state index in [1.165, 1.54) is 0 Å². The zero-order valence-electron chi connectivity index (χ0n) is 8.81. The molecule has 2 aromatic rings. The van der Waals surface area contributed by atoms with Gasteiger partial charge in [0.25, 0.3) is 0 Å². The molecule has 3 rings (SSSR count). The second-order valence-electron chi connectivity index (χ2n) is 3.89. The number of halogens is 1. The Hall–Kier alpha value is -1.73. The minimum absolute atomic E-state index is 0.0924. The Kier molecular flexibility index (Phi) is 2.41. The van der Waals surface area contributed by atoms with Gasteiger partial charge in [-0.05, 0) is 51.8 Å². The van der Waals surface area contributed by atoms with Crippen molar-refractivity contribution < 1.29 is 9.15 Å². The lowest BCUT2D eigenvalue weighted by Crippen LogP contribution is -2.00. The zero-order valence-corrected chi connectivity index (χ0v) is 10.4. The van der Waals surface area contributed by atoms with Gasteiger partial charge in [0.2, 0.25) is 0 Å². The summed E-state index contributed by atoms with van der Waals surface area (Å²) in [6, 6.07) is 11.3. The minimum Gasteiger partial charge on any atom is -0.482 e. The number of rotatable bonds is 1. The van der Waals surface area contributed by atoms with E-state index in [-0.39, 0.29) is 6.10 Å². The third-order valence-electron chi connectivity index (χ3n) is 2.78. The first kappa shape index (κ1) is 10.4. The molecule has 4 heteroatoms. The van der Waals surface area contributed by atoms with E-state index in [1.807, 2.05) is 24.3 Å². The highest BCUT2D eigenvalue weighted by Crippen LogP contribution is 2.37. The average Bonchev–Trinajstić information content (AvgIpc) is 2.93. The Labute approximate surface area is 107 Å². The van der Waals surface area contributed by atoms with Crippen LogP contribution in [0.3, 0.4) is 0 Å². The topological polar surface area (TPSA) is 46.2 Å². The van der Waals surface area contributed by atoms with Crippen LogP contribution >= 0.6 is 15.9 Å². The van der Waals surface area contributed by atoms with E-state index >= 15 is 0 Å². The van der Waals surface area contributed by atoms with Crippen LogP contribution in [0.5, 0.6) is 5.75 Å². The molecule has 2 heterocycles. The number of benzene rings is 1. The predicted molar refractivity (Wildman–Crippen MR) is 64.6 cm³/mol. The molecular weight excluding hydrogens is 282 g/mol. The summed E-state index contributed by atoms with van der Waals surface area (Å²) < 4.78 is 12.0. The molecule has 0 amide bonds. The summed E-state index contributed by atoms with van der Waals surface area (Å²) in [5, 5.41) is 8.84. The lowest BCUT2D eigenvalue weighted by Gasteiger charge is -2.06. The van der Waals surface area contributed by atoms with Gasteiger partial charge in [-0.1, -0.05) is 0 Å². The highest BCUT2D eigenvalue weighted by molar-refractivity contribution is 9.10. The SMILES string of the molecule is N#Cc1ccc2c(c1)C[C@@H](c1ccc(Br)o1)O2. The van der Waals surface area contributed by atoms with Crippen molar-refractivity contribution in [2.24, 2.45) is 0 Å². The predicted octanol–water partition coefficient (Wildman–Crippen LogP) is 3.59. The second-order valence-corrected chi connectivity index (χ2v) is 4.67. The molecule has 1 aliphatic rings. The van der Waals surface area contributed by atoms with Gasteiger partial charge in [-0.3, -0.25) is 0 Å². The number of furan rings is 1. The summed E-state index contributed by atoms with van der Waals surface area (Å²) in [5.74, 6) is 1.63. The van der Waals surface area contributed by atoms with Crippen LogP contribution in [0.2, 0.25) is 0 Å². The van der Waals surface area contributed by atoms with Gasteiger partial charge < -0.3 is 9.15 Å². The van der Waals surface area contributed by atoms with Crippen LogP contribution in [0.15, 0.2) is 39.4 Å². The summed E-state index contributed by atoms with van der Waals surface area (Å²) in [5.41, 5.74) is 1.72. The average molecular weight is 290 g/mol. The third-order valence-corrected chi connectivity index (χ3v) is 3.20. The number of nitrogens with zero attached hydrogens (tertiary/aromatic N) is 1. The lowest BCUT2D eigenvalue weighted by molar-refractivity contribution is 0.203. The molecule has 84 valence electrons. The molecule has 0 aliphatic carbocycles. The van der Waals surface area contributed by atoms with Crippen LogP contribution in [0.25, 0.3) is 0 Å². The van der Waals surface area contributed by atoms with Crippen LogP contribution < -0.4 is 4.74 Å². The standard InChI is InChI=1S/C13H8BrNO2/c14-13-4-3-11(17-13)12-6-9-5-8(7-15)1-2-10(9)16-12/h1-5,12H,6H2/t12-/m0/s1. The van der Waals surface area contributed by atoms with Gasteiger partial charge in [-0.25, -0.2) is 0 Å². The molecule has 17 heavy (non-hydrogen) atoms. The highest BCUT2D eigenvalue weighted by Gasteiger charge is 2.26. The molecule has 1 aromatic heterocycles. The molecule has 1 atom stereocenters. The fourth-order valence-corrected chi connectivity index (χ4v) is 2.30. The number of ether oxygens (including phenoxy) is 1. The number of nitriles is 1. The van der Waals surface area contributed by atoms with E-state index in [4.69, 9.17) is 14.4 Å². The van der Waals surface area contributed by atoms with Gasteiger partial charge in [0.1, 0.15) is 11.5 Å². The van der Waals surface area contributed by atoms with Gasteiger partial charge in [-0.15, -0.1) is 0 Å². The molecule has 0 N–H and O–H groups in total. The van der Waals surface area contributed by atoms with E-state index in [0.29, 0.717) is 10.2 Å². The molecule has 1 aliphatic heterocycles. The molecule has 3 nitrogen and oxygen atoms in total. The monoisotopic (exact) mass is 289 g/mol.